The lowest BCUT2D eigenvalue weighted by atomic mass is 10.1. The molecule has 1 aliphatic rings. The molecule has 3 heterocycles. The van der Waals surface area contributed by atoms with E-state index < -0.39 is 12.0 Å². The molecule has 0 saturated carbocycles. The van der Waals surface area contributed by atoms with Crippen molar-refractivity contribution in [3.63, 3.8) is 0 Å². The molecule has 0 radical (unpaired) electrons. The molecule has 8 heteroatoms. The van der Waals surface area contributed by atoms with Crippen LogP contribution in [0.4, 0.5) is 13.2 Å². The van der Waals surface area contributed by atoms with Crippen LogP contribution in [-0.4, -0.2) is 26.5 Å². The van der Waals surface area contributed by atoms with Gasteiger partial charge in [0.2, 0.25) is 5.82 Å². The highest BCUT2D eigenvalue weighted by atomic mass is 19.4. The minimum Gasteiger partial charge on any atom is -0.462 e. The van der Waals surface area contributed by atoms with Gasteiger partial charge in [-0.05, 0) is 12.1 Å². The Bertz CT molecular complexity index is 670. The van der Waals surface area contributed by atoms with Crippen LogP contribution >= 0.6 is 0 Å². The van der Waals surface area contributed by atoms with Crippen molar-refractivity contribution in [2.75, 3.05) is 6.54 Å². The normalized spacial score (nSPS) is 15.8. The molecule has 1 N–H and O–H groups in total. The van der Waals surface area contributed by atoms with Gasteiger partial charge in [0.25, 0.3) is 0 Å². The van der Waals surface area contributed by atoms with Crippen LogP contribution < -0.4 is 0 Å². The lowest BCUT2D eigenvalue weighted by Gasteiger charge is -2.27. The van der Waals surface area contributed by atoms with Crippen LogP contribution in [0.5, 0.6) is 0 Å². The summed E-state index contributed by atoms with van der Waals surface area (Å²) < 4.78 is 43.2. The Hall–Kier alpha value is -1.93. The maximum absolute atomic E-state index is 12.6. The Balaban J connectivity index is 1.71. The molecule has 0 atom stereocenters. The van der Waals surface area contributed by atoms with E-state index in [1.54, 1.807) is 12.1 Å². The van der Waals surface area contributed by atoms with Crippen molar-refractivity contribution < 1.29 is 22.7 Å². The van der Waals surface area contributed by atoms with Crippen LogP contribution in [0.1, 0.15) is 28.6 Å². The lowest BCUT2D eigenvalue weighted by Crippen LogP contribution is -2.31. The van der Waals surface area contributed by atoms with E-state index >= 15 is 0 Å². The first-order valence-electron chi connectivity index (χ1n) is 6.78. The van der Waals surface area contributed by atoms with Crippen molar-refractivity contribution in [3.05, 3.63) is 46.9 Å². The highest BCUT2D eigenvalue weighted by Crippen LogP contribution is 2.28. The molecule has 1 aliphatic heterocycles. The van der Waals surface area contributed by atoms with Gasteiger partial charge in [0, 0.05) is 31.3 Å². The maximum atomic E-state index is 12.6. The zero-order chi connectivity index (χ0) is 15.7. The summed E-state index contributed by atoms with van der Waals surface area (Å²) in [7, 11) is 0. The van der Waals surface area contributed by atoms with Gasteiger partial charge in [-0.15, -0.1) is 0 Å². The molecule has 0 aromatic carbocycles. The fourth-order valence-electron chi connectivity index (χ4n) is 2.46. The standard InChI is InChI=1S/C14H14F3N3O2/c15-14(16,17)13-18-5-9-6-20(4-3-12(9)19-13)7-10-1-2-11(8-21)22-10/h1-2,5,21H,3-4,6-8H2. The quantitative estimate of drug-likeness (QED) is 0.940. The third-order valence-electron chi connectivity index (χ3n) is 3.52. The summed E-state index contributed by atoms with van der Waals surface area (Å²) in [6.45, 7) is 1.44. The molecule has 5 nitrogen and oxygen atoms in total. The summed E-state index contributed by atoms with van der Waals surface area (Å²) in [6, 6.07) is 3.48. The van der Waals surface area contributed by atoms with Gasteiger partial charge >= 0.3 is 6.18 Å². The molecule has 2 aromatic rings. The minimum absolute atomic E-state index is 0.156. The largest absolute Gasteiger partial charge is 0.462 e. The predicted octanol–water partition coefficient (Wildman–Crippen LogP) is 2.14. The van der Waals surface area contributed by atoms with Gasteiger partial charge in [0.05, 0.1) is 12.2 Å². The van der Waals surface area contributed by atoms with Crippen molar-refractivity contribution in [2.24, 2.45) is 0 Å². The first-order chi connectivity index (χ1) is 10.5. The van der Waals surface area contributed by atoms with E-state index in [1.165, 1.54) is 6.20 Å². The Morgan fingerprint density at radius 1 is 1.27 bits per heavy atom. The second kappa shape index (κ2) is 5.69. The molecule has 0 unspecified atom stereocenters. The molecule has 0 amide bonds. The van der Waals surface area contributed by atoms with Crippen LogP contribution in [0.15, 0.2) is 22.7 Å². The molecule has 22 heavy (non-hydrogen) atoms. The van der Waals surface area contributed by atoms with Gasteiger partial charge in [-0.3, -0.25) is 4.90 Å². The third-order valence-corrected chi connectivity index (χ3v) is 3.52. The summed E-state index contributed by atoms with van der Waals surface area (Å²) >= 11 is 0. The van der Waals surface area contributed by atoms with Crippen molar-refractivity contribution >= 4 is 0 Å². The predicted molar refractivity (Wildman–Crippen MR) is 69.5 cm³/mol. The number of nitrogens with zero attached hydrogens (tertiary/aromatic N) is 3. The average Bonchev–Trinajstić information content (AvgIpc) is 2.93. The molecule has 0 aliphatic carbocycles. The Kier molecular flexibility index (Phi) is 3.88. The summed E-state index contributed by atoms with van der Waals surface area (Å²) in [4.78, 5) is 9.07. The van der Waals surface area contributed by atoms with E-state index in [1.807, 2.05) is 4.90 Å². The van der Waals surface area contributed by atoms with E-state index in [-0.39, 0.29) is 6.61 Å². The van der Waals surface area contributed by atoms with Crippen LogP contribution in [0.2, 0.25) is 0 Å². The molecular formula is C14H14F3N3O2. The van der Waals surface area contributed by atoms with Gasteiger partial charge < -0.3 is 9.52 Å². The van der Waals surface area contributed by atoms with E-state index in [0.717, 1.165) is 0 Å². The van der Waals surface area contributed by atoms with Gasteiger partial charge in [-0.1, -0.05) is 0 Å². The Morgan fingerprint density at radius 2 is 2.05 bits per heavy atom. The van der Waals surface area contributed by atoms with Gasteiger partial charge in [-0.2, -0.15) is 13.2 Å². The average molecular weight is 313 g/mol. The van der Waals surface area contributed by atoms with E-state index in [9.17, 15) is 13.2 Å². The van der Waals surface area contributed by atoms with Gasteiger partial charge in [-0.25, -0.2) is 9.97 Å². The molecular weight excluding hydrogens is 299 g/mol. The molecule has 0 spiro atoms. The summed E-state index contributed by atoms with van der Waals surface area (Å²) in [5.74, 6) is 0.115. The number of aliphatic hydroxyl groups is 1. The number of furan rings is 1. The molecule has 0 bridgehead atoms. The Morgan fingerprint density at radius 3 is 2.73 bits per heavy atom. The number of aromatic nitrogens is 2. The van der Waals surface area contributed by atoms with E-state index in [2.05, 4.69) is 9.97 Å². The molecule has 0 saturated heterocycles. The monoisotopic (exact) mass is 313 g/mol. The van der Waals surface area contributed by atoms with Crippen LogP contribution in [0, 0.1) is 0 Å². The van der Waals surface area contributed by atoms with Gasteiger partial charge in [0.15, 0.2) is 0 Å². The third kappa shape index (κ3) is 3.12. The first-order valence-corrected chi connectivity index (χ1v) is 6.78. The minimum atomic E-state index is -4.51. The van der Waals surface area contributed by atoms with Crippen LogP contribution in [-0.2, 0) is 32.3 Å². The van der Waals surface area contributed by atoms with E-state index in [4.69, 9.17) is 9.52 Å². The van der Waals surface area contributed by atoms with Crippen molar-refractivity contribution in [2.45, 2.75) is 32.3 Å². The molecule has 0 fully saturated rings. The zero-order valence-electron chi connectivity index (χ0n) is 11.6. The number of halogens is 3. The lowest BCUT2D eigenvalue weighted by molar-refractivity contribution is -0.145. The molecule has 3 rings (SSSR count). The number of hydrogen-bond donors (Lipinski definition) is 1. The van der Waals surface area contributed by atoms with Crippen molar-refractivity contribution in [1.29, 1.82) is 0 Å². The highest BCUT2D eigenvalue weighted by molar-refractivity contribution is 5.21. The van der Waals surface area contributed by atoms with Gasteiger partial charge in [0.1, 0.15) is 18.1 Å². The fourth-order valence-corrected chi connectivity index (χ4v) is 2.46. The second-order valence-electron chi connectivity index (χ2n) is 5.15. The first kappa shape index (κ1) is 15.0. The number of alkyl halides is 3. The number of rotatable bonds is 3. The Labute approximate surface area is 124 Å². The van der Waals surface area contributed by atoms with Crippen molar-refractivity contribution in [3.8, 4) is 0 Å². The smallest absolute Gasteiger partial charge is 0.451 e. The number of hydrogen-bond acceptors (Lipinski definition) is 5. The number of aliphatic hydroxyl groups excluding tert-OH is 1. The topological polar surface area (TPSA) is 62.4 Å². The van der Waals surface area contributed by atoms with E-state index in [0.29, 0.717) is 48.8 Å². The SMILES string of the molecule is OCc1ccc(CN2CCc3nc(C(F)(F)F)ncc3C2)o1. The zero-order valence-corrected chi connectivity index (χ0v) is 11.6. The summed E-state index contributed by atoms with van der Waals surface area (Å²) in [5, 5.41) is 8.96. The fraction of sp³-hybridized carbons (Fsp3) is 0.429. The highest BCUT2D eigenvalue weighted by Gasteiger charge is 2.35. The van der Waals surface area contributed by atoms with Crippen LogP contribution in [0.25, 0.3) is 0 Å². The molecule has 118 valence electrons. The molecule has 2 aromatic heterocycles. The second-order valence-corrected chi connectivity index (χ2v) is 5.15. The summed E-state index contributed by atoms with van der Waals surface area (Å²) in [6.07, 6.45) is -2.83. The number of fused-ring (bicyclic) bond motifs is 1. The van der Waals surface area contributed by atoms with Crippen molar-refractivity contribution in [1.82, 2.24) is 14.9 Å². The van der Waals surface area contributed by atoms with Crippen LogP contribution in [0.3, 0.4) is 0 Å². The summed E-state index contributed by atoms with van der Waals surface area (Å²) in [5.41, 5.74) is 1.15. The maximum Gasteiger partial charge on any atom is 0.451 e.